The van der Waals surface area contributed by atoms with Gasteiger partial charge < -0.3 is 14.3 Å². The number of furan rings is 1. The van der Waals surface area contributed by atoms with Crippen molar-refractivity contribution in [3.8, 4) is 5.75 Å². The molecular weight excluding hydrogens is 421 g/mol. The fraction of sp³-hybridized carbons (Fsp3) is 0.296. The molecule has 1 unspecified atom stereocenters. The number of fused-ring (bicyclic) bond motifs is 3. The summed E-state index contributed by atoms with van der Waals surface area (Å²) in [6.07, 6.45) is 0. The van der Waals surface area contributed by atoms with E-state index in [1.165, 1.54) is 12.1 Å². The summed E-state index contributed by atoms with van der Waals surface area (Å²) in [4.78, 5) is 15.2. The summed E-state index contributed by atoms with van der Waals surface area (Å²) in [6.45, 7) is 9.12. The van der Waals surface area contributed by atoms with Gasteiger partial charge in [-0.15, -0.1) is 0 Å². The highest BCUT2D eigenvalue weighted by molar-refractivity contribution is 6.16. The molecule has 1 N–H and O–H groups in total. The summed E-state index contributed by atoms with van der Waals surface area (Å²) >= 11 is 0. The van der Waals surface area contributed by atoms with E-state index in [0.717, 1.165) is 5.56 Å². The number of aromatic hydroxyl groups is 1. The van der Waals surface area contributed by atoms with E-state index >= 15 is 0 Å². The SMILES string of the molecule is CCOC(=O)c1c(C)oc2c1c(C(c1ccc(F)cc1)N(CC)CC)c(O)c1ccccc12. The molecule has 6 heteroatoms. The van der Waals surface area contributed by atoms with Crippen LogP contribution in [0.3, 0.4) is 0 Å². The van der Waals surface area contributed by atoms with Gasteiger partial charge in [-0.25, -0.2) is 9.18 Å². The van der Waals surface area contributed by atoms with Gasteiger partial charge in [0, 0.05) is 21.7 Å². The minimum atomic E-state index is -0.498. The molecule has 33 heavy (non-hydrogen) atoms. The number of ether oxygens (including phenoxy) is 1. The zero-order valence-corrected chi connectivity index (χ0v) is 19.3. The van der Waals surface area contributed by atoms with Gasteiger partial charge in [0.15, 0.2) is 0 Å². The fourth-order valence-corrected chi connectivity index (χ4v) is 4.65. The van der Waals surface area contributed by atoms with E-state index in [2.05, 4.69) is 4.90 Å². The van der Waals surface area contributed by atoms with E-state index in [9.17, 15) is 14.3 Å². The molecule has 0 aliphatic heterocycles. The molecule has 5 nitrogen and oxygen atoms in total. The number of aryl methyl sites for hydroxylation is 1. The third-order valence-corrected chi connectivity index (χ3v) is 6.15. The first-order valence-corrected chi connectivity index (χ1v) is 11.3. The van der Waals surface area contributed by atoms with Crippen LogP contribution in [0.2, 0.25) is 0 Å². The predicted octanol–water partition coefficient (Wildman–Crippen LogP) is 6.35. The largest absolute Gasteiger partial charge is 0.507 e. The molecule has 0 aliphatic carbocycles. The first kappa shape index (κ1) is 22.8. The smallest absolute Gasteiger partial charge is 0.342 e. The maximum absolute atomic E-state index is 13.8. The Morgan fingerprint density at radius 2 is 1.70 bits per heavy atom. The highest BCUT2D eigenvalue weighted by Crippen LogP contribution is 2.47. The normalized spacial score (nSPS) is 12.5. The maximum Gasteiger partial charge on any atom is 0.342 e. The average Bonchev–Trinajstić information content (AvgIpc) is 3.16. The number of carbonyl (C=O) groups excluding carboxylic acids is 1. The van der Waals surface area contributed by atoms with Gasteiger partial charge in [-0.1, -0.05) is 50.2 Å². The molecule has 1 heterocycles. The number of phenols is 1. The number of carbonyl (C=O) groups is 1. The van der Waals surface area contributed by atoms with Crippen molar-refractivity contribution >= 4 is 27.7 Å². The minimum absolute atomic E-state index is 0.0747. The monoisotopic (exact) mass is 449 g/mol. The Morgan fingerprint density at radius 3 is 2.30 bits per heavy atom. The van der Waals surface area contributed by atoms with E-state index in [1.54, 1.807) is 26.0 Å². The Bertz CT molecular complexity index is 1310. The van der Waals surface area contributed by atoms with Crippen molar-refractivity contribution in [3.63, 3.8) is 0 Å². The second kappa shape index (κ2) is 9.24. The van der Waals surface area contributed by atoms with Gasteiger partial charge >= 0.3 is 5.97 Å². The zero-order chi connectivity index (χ0) is 23.7. The highest BCUT2D eigenvalue weighted by Gasteiger charge is 2.33. The fourth-order valence-electron chi connectivity index (χ4n) is 4.65. The van der Waals surface area contributed by atoms with Crippen molar-refractivity contribution in [2.45, 2.75) is 33.7 Å². The topological polar surface area (TPSA) is 62.9 Å². The van der Waals surface area contributed by atoms with Crippen LogP contribution in [-0.2, 0) is 4.74 Å². The third-order valence-electron chi connectivity index (χ3n) is 6.15. The number of esters is 1. The molecule has 0 aliphatic rings. The third kappa shape index (κ3) is 3.85. The predicted molar refractivity (Wildman–Crippen MR) is 127 cm³/mol. The lowest BCUT2D eigenvalue weighted by atomic mass is 9.89. The van der Waals surface area contributed by atoms with Gasteiger partial charge in [-0.2, -0.15) is 0 Å². The molecule has 0 saturated carbocycles. The van der Waals surface area contributed by atoms with E-state index in [-0.39, 0.29) is 18.2 Å². The molecule has 0 saturated heterocycles. The second-order valence-corrected chi connectivity index (χ2v) is 7.94. The van der Waals surface area contributed by atoms with Gasteiger partial charge in [0.2, 0.25) is 0 Å². The Kier molecular flexibility index (Phi) is 6.38. The van der Waals surface area contributed by atoms with Crippen molar-refractivity contribution in [1.82, 2.24) is 4.90 Å². The van der Waals surface area contributed by atoms with Crippen molar-refractivity contribution in [2.24, 2.45) is 0 Å². The zero-order valence-electron chi connectivity index (χ0n) is 19.3. The number of nitrogens with zero attached hydrogens (tertiary/aromatic N) is 1. The van der Waals surface area contributed by atoms with E-state index in [0.29, 0.717) is 51.7 Å². The number of benzene rings is 3. The van der Waals surface area contributed by atoms with E-state index in [4.69, 9.17) is 9.15 Å². The molecule has 0 bridgehead atoms. The molecule has 0 amide bonds. The number of halogens is 1. The lowest BCUT2D eigenvalue weighted by molar-refractivity contribution is 0.0526. The van der Waals surface area contributed by atoms with Gasteiger partial charge in [-0.3, -0.25) is 4.90 Å². The summed E-state index contributed by atoms with van der Waals surface area (Å²) in [5, 5.41) is 13.5. The molecule has 3 aromatic carbocycles. The molecule has 0 radical (unpaired) electrons. The number of hydrogen-bond donors (Lipinski definition) is 1. The van der Waals surface area contributed by atoms with E-state index in [1.807, 2.05) is 38.1 Å². The van der Waals surface area contributed by atoms with Crippen LogP contribution in [0.5, 0.6) is 5.75 Å². The van der Waals surface area contributed by atoms with Gasteiger partial charge in [0.05, 0.1) is 12.6 Å². The summed E-state index contributed by atoms with van der Waals surface area (Å²) in [5.74, 6) is -0.332. The van der Waals surface area contributed by atoms with Crippen molar-refractivity contribution in [3.05, 3.63) is 76.8 Å². The highest BCUT2D eigenvalue weighted by atomic mass is 19.1. The van der Waals surface area contributed by atoms with Crippen LogP contribution in [0.4, 0.5) is 4.39 Å². The van der Waals surface area contributed by atoms with Crippen LogP contribution in [0.25, 0.3) is 21.7 Å². The van der Waals surface area contributed by atoms with Crippen LogP contribution in [0.1, 0.15) is 54.1 Å². The number of phenolic OH excluding ortho intramolecular Hbond substituents is 1. The number of rotatable bonds is 7. The summed E-state index contributed by atoms with van der Waals surface area (Å²) in [5.41, 5.74) is 2.19. The summed E-state index contributed by atoms with van der Waals surface area (Å²) in [7, 11) is 0. The molecule has 4 rings (SSSR count). The average molecular weight is 450 g/mol. The van der Waals surface area contributed by atoms with Crippen molar-refractivity contribution in [2.75, 3.05) is 19.7 Å². The standard InChI is InChI=1S/C27H28FNO4/c1-5-29(6-2)24(17-12-14-18(28)15-13-17)23-22-21(27(31)32-7-3)16(4)33-26(22)20-11-9-8-10-19(20)25(23)30/h8-15,24,30H,5-7H2,1-4H3. The molecule has 0 spiro atoms. The molecule has 172 valence electrons. The van der Waals surface area contributed by atoms with Crippen molar-refractivity contribution < 1.29 is 23.4 Å². The molecular formula is C27H28FNO4. The maximum atomic E-state index is 13.8. The molecule has 1 aromatic heterocycles. The number of hydrogen-bond acceptors (Lipinski definition) is 5. The molecule has 1 atom stereocenters. The summed E-state index contributed by atoms with van der Waals surface area (Å²) < 4.78 is 25.3. The van der Waals surface area contributed by atoms with Crippen LogP contribution in [0, 0.1) is 12.7 Å². The summed E-state index contributed by atoms with van der Waals surface area (Å²) in [6, 6.07) is 13.2. The van der Waals surface area contributed by atoms with Crippen LogP contribution in [-0.4, -0.2) is 35.7 Å². The first-order valence-electron chi connectivity index (χ1n) is 11.3. The first-order chi connectivity index (χ1) is 15.9. The minimum Gasteiger partial charge on any atom is -0.507 e. The van der Waals surface area contributed by atoms with Gasteiger partial charge in [0.1, 0.15) is 28.5 Å². The van der Waals surface area contributed by atoms with E-state index < -0.39 is 12.0 Å². The Morgan fingerprint density at radius 1 is 1.06 bits per heavy atom. The lowest BCUT2D eigenvalue weighted by Crippen LogP contribution is -2.29. The quantitative estimate of drug-likeness (QED) is 0.333. The second-order valence-electron chi connectivity index (χ2n) is 7.94. The molecule has 4 aromatic rings. The lowest BCUT2D eigenvalue weighted by Gasteiger charge is -2.32. The van der Waals surface area contributed by atoms with Gasteiger partial charge in [0.25, 0.3) is 0 Å². The Labute approximate surface area is 192 Å². The van der Waals surface area contributed by atoms with Crippen LogP contribution < -0.4 is 0 Å². The molecule has 0 fully saturated rings. The van der Waals surface area contributed by atoms with Crippen molar-refractivity contribution in [1.29, 1.82) is 0 Å². The van der Waals surface area contributed by atoms with Crippen LogP contribution in [0.15, 0.2) is 52.9 Å². The Hall–Kier alpha value is -3.38. The van der Waals surface area contributed by atoms with Gasteiger partial charge in [-0.05, 0) is 44.6 Å². The Balaban J connectivity index is 2.17. The van der Waals surface area contributed by atoms with Crippen LogP contribution >= 0.6 is 0 Å².